The van der Waals surface area contributed by atoms with Gasteiger partial charge in [0, 0.05) is 19.9 Å². The minimum Gasteiger partial charge on any atom is -0.480 e. The zero-order valence-electron chi connectivity index (χ0n) is 8.51. The fourth-order valence-electron chi connectivity index (χ4n) is 1.11. The summed E-state index contributed by atoms with van der Waals surface area (Å²) in [6, 6.07) is 4.80. The van der Waals surface area contributed by atoms with Gasteiger partial charge in [-0.2, -0.15) is 0 Å². The van der Waals surface area contributed by atoms with Gasteiger partial charge < -0.3 is 9.84 Å². The Kier molecular flexibility index (Phi) is 4.73. The van der Waals surface area contributed by atoms with E-state index < -0.39 is 12.0 Å². The Morgan fingerprint density at radius 3 is 3.00 bits per heavy atom. The highest BCUT2D eigenvalue weighted by Crippen LogP contribution is 1.94. The summed E-state index contributed by atoms with van der Waals surface area (Å²) >= 11 is 0. The van der Waals surface area contributed by atoms with Crippen molar-refractivity contribution in [3.8, 4) is 0 Å². The van der Waals surface area contributed by atoms with Crippen LogP contribution >= 0.6 is 0 Å². The van der Waals surface area contributed by atoms with Crippen molar-refractivity contribution < 1.29 is 14.6 Å². The molecule has 0 spiro atoms. The summed E-state index contributed by atoms with van der Waals surface area (Å²) in [7, 11) is 1.47. The Morgan fingerprint density at radius 1 is 1.67 bits per heavy atom. The van der Waals surface area contributed by atoms with Crippen molar-refractivity contribution in [2.75, 3.05) is 13.7 Å². The number of aliphatic carboxylic acids is 1. The molecule has 82 valence electrons. The van der Waals surface area contributed by atoms with Crippen LogP contribution < -0.4 is 5.32 Å². The van der Waals surface area contributed by atoms with Crippen molar-refractivity contribution in [3.63, 3.8) is 0 Å². The first-order valence-electron chi connectivity index (χ1n) is 4.59. The smallest absolute Gasteiger partial charge is 0.323 e. The summed E-state index contributed by atoms with van der Waals surface area (Å²) in [5, 5.41) is 11.7. The molecule has 1 aromatic rings. The van der Waals surface area contributed by atoms with Crippen LogP contribution in [0.2, 0.25) is 0 Å². The highest BCUT2D eigenvalue weighted by atomic mass is 16.5. The zero-order valence-corrected chi connectivity index (χ0v) is 8.51. The van der Waals surface area contributed by atoms with Crippen LogP contribution in [0.3, 0.4) is 0 Å². The molecule has 0 saturated carbocycles. The second kappa shape index (κ2) is 6.10. The third-order valence-corrected chi connectivity index (χ3v) is 1.89. The quantitative estimate of drug-likeness (QED) is 0.705. The minimum absolute atomic E-state index is 0.141. The van der Waals surface area contributed by atoms with Gasteiger partial charge in [0.1, 0.15) is 6.04 Å². The number of methoxy groups -OCH3 is 1. The summed E-state index contributed by atoms with van der Waals surface area (Å²) < 4.78 is 4.79. The lowest BCUT2D eigenvalue weighted by Gasteiger charge is -2.12. The highest BCUT2D eigenvalue weighted by molar-refractivity contribution is 5.73. The number of hydrogen-bond donors (Lipinski definition) is 2. The number of rotatable bonds is 6. The van der Waals surface area contributed by atoms with Gasteiger partial charge in [-0.25, -0.2) is 0 Å². The molecule has 0 radical (unpaired) electrons. The second-order valence-electron chi connectivity index (χ2n) is 3.05. The van der Waals surface area contributed by atoms with E-state index in [0.29, 0.717) is 6.54 Å². The molecule has 1 unspecified atom stereocenters. The molecule has 5 nitrogen and oxygen atoms in total. The van der Waals surface area contributed by atoms with Crippen LogP contribution in [-0.2, 0) is 16.1 Å². The van der Waals surface area contributed by atoms with Gasteiger partial charge in [0.2, 0.25) is 0 Å². The van der Waals surface area contributed by atoms with Crippen LogP contribution in [0, 0.1) is 0 Å². The van der Waals surface area contributed by atoms with Crippen molar-refractivity contribution in [2.24, 2.45) is 0 Å². The van der Waals surface area contributed by atoms with Crippen LogP contribution in [-0.4, -0.2) is 35.8 Å². The van der Waals surface area contributed by atoms with Crippen LogP contribution in [0.5, 0.6) is 0 Å². The SMILES string of the molecule is COCC(NCc1ccccn1)C(=O)O. The molecular weight excluding hydrogens is 196 g/mol. The predicted molar refractivity (Wildman–Crippen MR) is 54.4 cm³/mol. The molecule has 5 heteroatoms. The summed E-state index contributed by atoms with van der Waals surface area (Å²) in [5.74, 6) is -0.923. The number of pyridine rings is 1. The van der Waals surface area contributed by atoms with E-state index in [1.165, 1.54) is 7.11 Å². The van der Waals surface area contributed by atoms with Crippen LogP contribution in [0.4, 0.5) is 0 Å². The molecule has 1 heterocycles. The first-order valence-corrected chi connectivity index (χ1v) is 4.59. The monoisotopic (exact) mass is 210 g/mol. The van der Waals surface area contributed by atoms with Crippen molar-refractivity contribution in [1.29, 1.82) is 0 Å². The van der Waals surface area contributed by atoms with Gasteiger partial charge in [0.25, 0.3) is 0 Å². The molecule has 0 aliphatic heterocycles. The lowest BCUT2D eigenvalue weighted by Crippen LogP contribution is -2.39. The minimum atomic E-state index is -0.923. The van der Waals surface area contributed by atoms with Crippen LogP contribution in [0.25, 0.3) is 0 Å². The molecule has 0 bridgehead atoms. The van der Waals surface area contributed by atoms with E-state index in [9.17, 15) is 4.79 Å². The molecule has 1 aromatic heterocycles. The Morgan fingerprint density at radius 2 is 2.47 bits per heavy atom. The summed E-state index contributed by atoms with van der Waals surface area (Å²) in [6.07, 6.45) is 1.67. The number of nitrogens with one attached hydrogen (secondary N) is 1. The van der Waals surface area contributed by atoms with E-state index >= 15 is 0 Å². The molecule has 0 fully saturated rings. The highest BCUT2D eigenvalue weighted by Gasteiger charge is 2.15. The average Bonchev–Trinajstić information content (AvgIpc) is 2.25. The topological polar surface area (TPSA) is 71.5 Å². The number of aromatic nitrogens is 1. The second-order valence-corrected chi connectivity index (χ2v) is 3.05. The maximum absolute atomic E-state index is 10.7. The molecule has 0 amide bonds. The molecule has 0 aliphatic carbocycles. The van der Waals surface area contributed by atoms with Crippen molar-refractivity contribution >= 4 is 5.97 Å². The fraction of sp³-hybridized carbons (Fsp3) is 0.400. The van der Waals surface area contributed by atoms with Gasteiger partial charge in [-0.15, -0.1) is 0 Å². The zero-order chi connectivity index (χ0) is 11.1. The molecular formula is C10H14N2O3. The van der Waals surface area contributed by atoms with Gasteiger partial charge in [-0.05, 0) is 12.1 Å². The fourth-order valence-corrected chi connectivity index (χ4v) is 1.11. The molecule has 0 aliphatic rings. The number of nitrogens with zero attached hydrogens (tertiary/aromatic N) is 1. The van der Waals surface area contributed by atoms with E-state index in [2.05, 4.69) is 10.3 Å². The Labute approximate surface area is 88.1 Å². The number of carbonyl (C=O) groups is 1. The number of ether oxygens (including phenoxy) is 1. The van der Waals surface area contributed by atoms with Crippen molar-refractivity contribution in [1.82, 2.24) is 10.3 Å². The number of hydrogen-bond acceptors (Lipinski definition) is 4. The molecule has 0 aromatic carbocycles. The molecule has 1 atom stereocenters. The van der Waals surface area contributed by atoms with E-state index in [4.69, 9.17) is 9.84 Å². The van der Waals surface area contributed by atoms with E-state index in [-0.39, 0.29) is 6.61 Å². The Bertz CT molecular complexity index is 303. The lowest BCUT2D eigenvalue weighted by molar-refractivity contribution is -0.140. The van der Waals surface area contributed by atoms with Gasteiger partial charge in [0.15, 0.2) is 0 Å². The standard InChI is InChI=1S/C10H14N2O3/c1-15-7-9(10(13)14)12-6-8-4-2-3-5-11-8/h2-5,9,12H,6-7H2,1H3,(H,13,14). The van der Waals surface area contributed by atoms with E-state index in [0.717, 1.165) is 5.69 Å². The molecule has 2 N–H and O–H groups in total. The van der Waals surface area contributed by atoms with Crippen LogP contribution in [0.1, 0.15) is 5.69 Å². The average molecular weight is 210 g/mol. The maximum Gasteiger partial charge on any atom is 0.323 e. The van der Waals surface area contributed by atoms with Crippen LogP contribution in [0.15, 0.2) is 24.4 Å². The largest absolute Gasteiger partial charge is 0.480 e. The van der Waals surface area contributed by atoms with Gasteiger partial charge in [-0.1, -0.05) is 6.07 Å². The van der Waals surface area contributed by atoms with Gasteiger partial charge >= 0.3 is 5.97 Å². The summed E-state index contributed by atoms with van der Waals surface area (Å²) in [4.78, 5) is 14.8. The van der Waals surface area contributed by atoms with E-state index in [1.54, 1.807) is 6.20 Å². The van der Waals surface area contributed by atoms with Crippen molar-refractivity contribution in [2.45, 2.75) is 12.6 Å². The molecule has 1 rings (SSSR count). The first kappa shape index (κ1) is 11.6. The van der Waals surface area contributed by atoms with Gasteiger partial charge in [0.05, 0.1) is 12.3 Å². The first-order chi connectivity index (χ1) is 7.24. The maximum atomic E-state index is 10.7. The third kappa shape index (κ3) is 4.05. The predicted octanol–water partition coefficient (Wildman–Crippen LogP) is 0.271. The molecule has 15 heavy (non-hydrogen) atoms. The normalized spacial score (nSPS) is 12.3. The van der Waals surface area contributed by atoms with Gasteiger partial charge in [-0.3, -0.25) is 15.1 Å². The summed E-state index contributed by atoms with van der Waals surface area (Å²) in [5.41, 5.74) is 0.805. The van der Waals surface area contributed by atoms with E-state index in [1.807, 2.05) is 18.2 Å². The summed E-state index contributed by atoms with van der Waals surface area (Å²) in [6.45, 7) is 0.559. The Balaban J connectivity index is 2.43. The Hall–Kier alpha value is -1.46. The third-order valence-electron chi connectivity index (χ3n) is 1.89. The lowest BCUT2D eigenvalue weighted by atomic mass is 10.3. The van der Waals surface area contributed by atoms with Crippen molar-refractivity contribution in [3.05, 3.63) is 30.1 Å². The number of carboxylic acids is 1. The number of carboxylic acid groups (broad SMARTS) is 1. The molecule has 0 saturated heterocycles.